The van der Waals surface area contributed by atoms with Crippen molar-refractivity contribution in [3.05, 3.63) is 30.0 Å². The molecule has 1 aromatic carbocycles. The van der Waals surface area contributed by atoms with Crippen molar-refractivity contribution < 1.29 is 13.2 Å². The van der Waals surface area contributed by atoms with E-state index in [2.05, 4.69) is 4.98 Å². The summed E-state index contributed by atoms with van der Waals surface area (Å²) >= 11 is 1.06. The van der Waals surface area contributed by atoms with E-state index in [1.807, 2.05) is 43.3 Å². The van der Waals surface area contributed by atoms with Crippen molar-refractivity contribution >= 4 is 31.1 Å². The largest absolute Gasteiger partial charge is 0.492 e. The van der Waals surface area contributed by atoms with Crippen LogP contribution in [0.25, 0.3) is 10.6 Å². The number of rotatable bonds is 6. The fourth-order valence-electron chi connectivity index (χ4n) is 1.80. The van der Waals surface area contributed by atoms with E-state index < -0.39 is 9.05 Å². The molecule has 0 fully saturated rings. The Balaban J connectivity index is 2.23. The van der Waals surface area contributed by atoms with E-state index >= 15 is 0 Å². The number of thiazole rings is 1. The van der Waals surface area contributed by atoms with Crippen LogP contribution in [0.1, 0.15) is 5.69 Å². The van der Waals surface area contributed by atoms with Gasteiger partial charge in [0.05, 0.1) is 5.69 Å². The molecule has 120 valence electrons. The first-order valence-electron chi connectivity index (χ1n) is 6.57. The molecule has 0 saturated heterocycles. The monoisotopic (exact) mass is 360 g/mol. The molecule has 5 nitrogen and oxygen atoms in total. The van der Waals surface area contributed by atoms with Gasteiger partial charge < -0.3 is 9.64 Å². The van der Waals surface area contributed by atoms with Crippen molar-refractivity contribution in [2.24, 2.45) is 0 Å². The average molecular weight is 361 g/mol. The molecule has 0 unspecified atom stereocenters. The Kier molecular flexibility index (Phi) is 5.44. The standard InChI is InChI=1S/C14H17ClN2O3S2/c1-10-14(22(15,18)19)21-13(16-10)11-5-4-6-12(9-11)20-8-7-17(2)3/h4-6,9H,7-8H2,1-3H3. The molecule has 0 aliphatic rings. The number of benzene rings is 1. The van der Waals surface area contributed by atoms with Crippen LogP contribution < -0.4 is 4.74 Å². The summed E-state index contributed by atoms with van der Waals surface area (Å²) in [6, 6.07) is 7.42. The van der Waals surface area contributed by atoms with Crippen LogP contribution in [-0.2, 0) is 9.05 Å². The highest BCUT2D eigenvalue weighted by molar-refractivity contribution is 8.15. The lowest BCUT2D eigenvalue weighted by atomic mass is 10.2. The molecule has 0 amide bonds. The molecule has 2 aromatic rings. The average Bonchev–Trinajstić information content (AvgIpc) is 2.81. The minimum Gasteiger partial charge on any atom is -0.492 e. The molecule has 0 bridgehead atoms. The van der Waals surface area contributed by atoms with Crippen LogP contribution >= 0.6 is 22.0 Å². The van der Waals surface area contributed by atoms with Crippen molar-refractivity contribution in [2.45, 2.75) is 11.1 Å². The zero-order valence-corrected chi connectivity index (χ0v) is 14.9. The molecule has 0 N–H and O–H groups in total. The van der Waals surface area contributed by atoms with E-state index in [4.69, 9.17) is 15.4 Å². The van der Waals surface area contributed by atoms with Gasteiger partial charge in [-0.15, -0.1) is 11.3 Å². The first kappa shape index (κ1) is 17.2. The van der Waals surface area contributed by atoms with Gasteiger partial charge in [0, 0.05) is 22.8 Å². The molecule has 1 aromatic heterocycles. The van der Waals surface area contributed by atoms with Gasteiger partial charge in [0.1, 0.15) is 17.4 Å². The third kappa shape index (κ3) is 4.42. The first-order chi connectivity index (χ1) is 10.3. The predicted octanol–water partition coefficient (Wildman–Crippen LogP) is 2.99. The van der Waals surface area contributed by atoms with Crippen LogP contribution in [0.2, 0.25) is 0 Å². The zero-order valence-electron chi connectivity index (χ0n) is 12.5. The molecule has 22 heavy (non-hydrogen) atoms. The predicted molar refractivity (Wildman–Crippen MR) is 89.4 cm³/mol. The van der Waals surface area contributed by atoms with Crippen LogP contribution in [0.3, 0.4) is 0 Å². The summed E-state index contributed by atoms with van der Waals surface area (Å²) < 4.78 is 28.7. The normalized spacial score (nSPS) is 11.9. The van der Waals surface area contributed by atoms with Gasteiger partial charge in [-0.25, -0.2) is 13.4 Å². The minimum atomic E-state index is -3.76. The van der Waals surface area contributed by atoms with Crippen molar-refractivity contribution in [1.29, 1.82) is 0 Å². The van der Waals surface area contributed by atoms with E-state index in [1.165, 1.54) is 0 Å². The number of halogens is 1. The highest BCUT2D eigenvalue weighted by Gasteiger charge is 2.20. The second-order valence-electron chi connectivity index (χ2n) is 5.01. The van der Waals surface area contributed by atoms with Gasteiger partial charge in [-0.2, -0.15) is 0 Å². The Morgan fingerprint density at radius 3 is 2.68 bits per heavy atom. The second-order valence-corrected chi connectivity index (χ2v) is 8.77. The molecule has 8 heteroatoms. The fraction of sp³-hybridized carbons (Fsp3) is 0.357. The van der Waals surface area contributed by atoms with Crippen LogP contribution in [0.5, 0.6) is 5.75 Å². The molecule has 1 heterocycles. The maximum atomic E-state index is 11.5. The summed E-state index contributed by atoms with van der Waals surface area (Å²) in [5.74, 6) is 0.725. The van der Waals surface area contributed by atoms with Crippen molar-refractivity contribution in [3.8, 4) is 16.3 Å². The lowest BCUT2D eigenvalue weighted by Gasteiger charge is -2.11. The smallest absolute Gasteiger partial charge is 0.272 e. The van der Waals surface area contributed by atoms with Gasteiger partial charge in [-0.3, -0.25) is 0 Å². The molecule has 0 atom stereocenters. The van der Waals surface area contributed by atoms with Gasteiger partial charge in [-0.1, -0.05) is 12.1 Å². The Bertz CT molecular complexity index is 757. The summed E-state index contributed by atoms with van der Waals surface area (Å²) in [5, 5.41) is 0.606. The number of hydrogen-bond donors (Lipinski definition) is 0. The Hall–Kier alpha value is -1.15. The van der Waals surface area contributed by atoms with Crippen molar-refractivity contribution in [3.63, 3.8) is 0 Å². The third-order valence-electron chi connectivity index (χ3n) is 2.86. The van der Waals surface area contributed by atoms with Gasteiger partial charge in [0.2, 0.25) is 0 Å². The Labute approximate surface area is 138 Å². The fourth-order valence-corrected chi connectivity index (χ4v) is 4.25. The zero-order chi connectivity index (χ0) is 16.3. The summed E-state index contributed by atoms with van der Waals surface area (Å²) in [5.41, 5.74) is 1.22. The molecule has 0 aliphatic heterocycles. The number of aromatic nitrogens is 1. The molecule has 0 aliphatic carbocycles. The first-order valence-corrected chi connectivity index (χ1v) is 9.70. The molecule has 0 saturated carbocycles. The maximum Gasteiger partial charge on any atom is 0.272 e. The maximum absolute atomic E-state index is 11.5. The number of ether oxygens (including phenoxy) is 1. The van der Waals surface area contributed by atoms with Gasteiger partial charge in [-0.05, 0) is 33.2 Å². The van der Waals surface area contributed by atoms with E-state index in [0.717, 1.165) is 29.2 Å². The van der Waals surface area contributed by atoms with E-state index in [-0.39, 0.29) is 4.21 Å². The summed E-state index contributed by atoms with van der Waals surface area (Å²) in [4.78, 5) is 6.32. The van der Waals surface area contributed by atoms with Crippen LogP contribution in [0.15, 0.2) is 28.5 Å². The summed E-state index contributed by atoms with van der Waals surface area (Å²) in [6.07, 6.45) is 0. The SMILES string of the molecule is Cc1nc(-c2cccc(OCCN(C)C)c2)sc1S(=O)(=O)Cl. The lowest BCUT2D eigenvalue weighted by Crippen LogP contribution is -2.19. The summed E-state index contributed by atoms with van der Waals surface area (Å²) in [7, 11) is 5.60. The van der Waals surface area contributed by atoms with E-state index in [0.29, 0.717) is 17.3 Å². The number of aryl methyl sites for hydroxylation is 1. The second kappa shape index (κ2) is 6.95. The molecular weight excluding hydrogens is 344 g/mol. The van der Waals surface area contributed by atoms with Crippen LogP contribution in [0.4, 0.5) is 0 Å². The number of hydrogen-bond acceptors (Lipinski definition) is 6. The highest BCUT2D eigenvalue weighted by atomic mass is 35.7. The molecule has 0 spiro atoms. The van der Waals surface area contributed by atoms with Gasteiger partial charge >= 0.3 is 0 Å². The molecule has 0 radical (unpaired) electrons. The number of nitrogens with zero attached hydrogens (tertiary/aromatic N) is 2. The third-order valence-corrected chi connectivity index (χ3v) is 6.25. The minimum absolute atomic E-state index is 0.0862. The van der Waals surface area contributed by atoms with Crippen LogP contribution in [-0.4, -0.2) is 45.5 Å². The molecular formula is C14H17ClN2O3S2. The Morgan fingerprint density at radius 1 is 1.36 bits per heavy atom. The van der Waals surface area contributed by atoms with E-state index in [1.54, 1.807) is 6.92 Å². The van der Waals surface area contributed by atoms with Gasteiger partial charge in [0.25, 0.3) is 9.05 Å². The van der Waals surface area contributed by atoms with Gasteiger partial charge in [0.15, 0.2) is 4.21 Å². The summed E-state index contributed by atoms with van der Waals surface area (Å²) in [6.45, 7) is 3.02. The highest BCUT2D eigenvalue weighted by Crippen LogP contribution is 2.34. The lowest BCUT2D eigenvalue weighted by molar-refractivity contribution is 0.261. The van der Waals surface area contributed by atoms with Crippen molar-refractivity contribution in [1.82, 2.24) is 9.88 Å². The molecule has 2 rings (SSSR count). The van der Waals surface area contributed by atoms with Crippen molar-refractivity contribution in [2.75, 3.05) is 27.2 Å². The van der Waals surface area contributed by atoms with E-state index in [9.17, 15) is 8.42 Å². The van der Waals surface area contributed by atoms with Crippen LogP contribution in [0, 0.1) is 6.92 Å². The topological polar surface area (TPSA) is 59.5 Å². The number of likely N-dealkylation sites (N-methyl/N-ethyl adjacent to an activating group) is 1. The Morgan fingerprint density at radius 2 is 2.09 bits per heavy atom. The quantitative estimate of drug-likeness (QED) is 0.741.